The summed E-state index contributed by atoms with van der Waals surface area (Å²) in [5, 5.41) is 28.3. The smallest absolute Gasteiger partial charge is 0.294 e. The van der Waals surface area contributed by atoms with E-state index in [1.807, 2.05) is 31.3 Å². The van der Waals surface area contributed by atoms with Gasteiger partial charge in [-0.15, -0.1) is 5.10 Å². The van der Waals surface area contributed by atoms with E-state index in [1.165, 1.54) is 11.3 Å². The van der Waals surface area contributed by atoms with Crippen LogP contribution in [-0.2, 0) is 4.74 Å². The second-order valence-electron chi connectivity index (χ2n) is 8.72. The molecule has 4 unspecified atom stereocenters. The predicted molar refractivity (Wildman–Crippen MR) is 118 cm³/mol. The highest BCUT2D eigenvalue weighted by Crippen LogP contribution is 2.39. The van der Waals surface area contributed by atoms with Gasteiger partial charge in [-0.1, -0.05) is 16.4 Å². The Morgan fingerprint density at radius 2 is 2.13 bits per heavy atom. The number of piperidine rings is 2. The van der Waals surface area contributed by atoms with Crippen LogP contribution >= 0.6 is 11.3 Å². The zero-order chi connectivity index (χ0) is 21.6. The van der Waals surface area contributed by atoms with E-state index in [2.05, 4.69) is 27.5 Å². The van der Waals surface area contributed by atoms with Crippen molar-refractivity contribution in [3.63, 3.8) is 0 Å². The van der Waals surface area contributed by atoms with E-state index in [1.54, 1.807) is 17.9 Å². The number of ether oxygens (including phenoxy) is 2. The van der Waals surface area contributed by atoms with E-state index in [-0.39, 0.29) is 23.5 Å². The molecule has 0 amide bonds. The molecule has 2 aliphatic rings. The molecule has 0 aliphatic carbocycles. The first-order valence-corrected chi connectivity index (χ1v) is 11.4. The van der Waals surface area contributed by atoms with Crippen molar-refractivity contribution < 1.29 is 14.6 Å². The number of nitrogens with zero attached hydrogens (tertiary/aromatic N) is 4. The Bertz CT molecular complexity index is 1080. The minimum atomic E-state index is -0.0902. The minimum absolute atomic E-state index is 0.0639. The molecule has 0 radical (unpaired) electrons. The predicted octanol–water partition coefficient (Wildman–Crippen LogP) is 3.47. The number of hydrogen-bond donors (Lipinski definition) is 2. The molecule has 1 aromatic carbocycles. The maximum atomic E-state index is 10.6. The summed E-state index contributed by atoms with van der Waals surface area (Å²) in [6.45, 7) is 4.15. The highest BCUT2D eigenvalue weighted by molar-refractivity contribution is 7.16. The first kappa shape index (κ1) is 20.4. The highest BCUT2D eigenvalue weighted by atomic mass is 32.1. The van der Waals surface area contributed by atoms with Crippen LogP contribution in [0.4, 0.5) is 0 Å². The summed E-state index contributed by atoms with van der Waals surface area (Å²) in [4.78, 5) is 0. The highest BCUT2D eigenvalue weighted by Gasteiger charge is 2.46. The molecule has 2 aliphatic heterocycles. The average Bonchev–Trinajstić information content (AvgIpc) is 3.36. The van der Waals surface area contributed by atoms with Gasteiger partial charge in [0.25, 0.3) is 5.19 Å². The zero-order valence-electron chi connectivity index (χ0n) is 17.9. The van der Waals surface area contributed by atoms with Crippen molar-refractivity contribution in [2.75, 3.05) is 7.11 Å². The van der Waals surface area contributed by atoms with Crippen LogP contribution in [-0.4, -0.2) is 56.0 Å². The summed E-state index contributed by atoms with van der Waals surface area (Å²) in [5.74, 6) is 0.139. The fourth-order valence-corrected chi connectivity index (χ4v) is 5.72. The van der Waals surface area contributed by atoms with Gasteiger partial charge in [-0.25, -0.2) is 4.68 Å². The number of aryl methyl sites for hydroxylation is 1. The van der Waals surface area contributed by atoms with E-state index < -0.39 is 0 Å². The van der Waals surface area contributed by atoms with Crippen molar-refractivity contribution in [3.8, 4) is 27.2 Å². The number of phenols is 1. The van der Waals surface area contributed by atoms with Crippen LogP contribution in [0.5, 0.6) is 10.9 Å². The standard InChI is InChI=1S/C22H27N5O3S/c1-13-8-9-27(26-13)15-5-6-17(18(28)11-15)20-24-25-21(31-20)30-16-10-14-4-7-19(29-3)22(2,12-16)23-14/h5-6,8-9,11,14,16,19,23,28H,4,7,10,12H2,1-3H3. The van der Waals surface area contributed by atoms with Gasteiger partial charge in [0.2, 0.25) is 0 Å². The van der Waals surface area contributed by atoms with Crippen LogP contribution in [0.15, 0.2) is 30.5 Å². The third-order valence-corrected chi connectivity index (χ3v) is 7.23. The second kappa shape index (κ2) is 7.89. The van der Waals surface area contributed by atoms with E-state index in [4.69, 9.17) is 9.47 Å². The molecule has 164 valence electrons. The normalized spacial score (nSPS) is 27.9. The number of nitrogens with one attached hydrogen (secondary N) is 1. The molecule has 2 aromatic heterocycles. The van der Waals surface area contributed by atoms with E-state index in [9.17, 15) is 5.11 Å². The van der Waals surface area contributed by atoms with Gasteiger partial charge < -0.3 is 19.9 Å². The van der Waals surface area contributed by atoms with Crippen LogP contribution in [0.2, 0.25) is 0 Å². The SMILES string of the molecule is COC1CCC2CC(Oc3nnc(-c4ccc(-n5ccc(C)n5)cc4O)s3)CC1(C)N2. The van der Waals surface area contributed by atoms with Gasteiger partial charge in [0.05, 0.1) is 23.0 Å². The minimum Gasteiger partial charge on any atom is -0.507 e. The molecule has 0 spiro atoms. The molecule has 4 heterocycles. The van der Waals surface area contributed by atoms with Crippen LogP contribution in [0, 0.1) is 6.92 Å². The fourth-order valence-electron chi connectivity index (χ4n) is 4.92. The van der Waals surface area contributed by atoms with Crippen molar-refractivity contribution in [2.24, 2.45) is 0 Å². The molecule has 2 N–H and O–H groups in total. The first-order valence-electron chi connectivity index (χ1n) is 10.6. The molecule has 2 fully saturated rings. The Hall–Kier alpha value is -2.49. The van der Waals surface area contributed by atoms with Gasteiger partial charge in [-0.05, 0) is 51.3 Å². The largest absolute Gasteiger partial charge is 0.507 e. The maximum absolute atomic E-state index is 10.6. The lowest BCUT2D eigenvalue weighted by Gasteiger charge is -2.50. The molecule has 2 bridgehead atoms. The van der Waals surface area contributed by atoms with E-state index in [0.717, 1.165) is 37.1 Å². The van der Waals surface area contributed by atoms with Crippen LogP contribution in [0.3, 0.4) is 0 Å². The summed E-state index contributed by atoms with van der Waals surface area (Å²) >= 11 is 1.35. The monoisotopic (exact) mass is 441 g/mol. The second-order valence-corrected chi connectivity index (χ2v) is 9.66. The van der Waals surface area contributed by atoms with Gasteiger partial charge in [0, 0.05) is 37.4 Å². The van der Waals surface area contributed by atoms with Crippen molar-refractivity contribution in [1.82, 2.24) is 25.3 Å². The number of hydrogen-bond acceptors (Lipinski definition) is 8. The number of aromatic hydroxyl groups is 1. The number of methoxy groups -OCH3 is 1. The third kappa shape index (κ3) is 3.93. The van der Waals surface area contributed by atoms with Gasteiger partial charge in [0.15, 0.2) is 5.01 Å². The molecule has 8 nitrogen and oxygen atoms in total. The molecule has 5 rings (SSSR count). The van der Waals surface area contributed by atoms with Crippen molar-refractivity contribution in [1.29, 1.82) is 0 Å². The third-order valence-electron chi connectivity index (χ3n) is 6.38. The Morgan fingerprint density at radius 1 is 1.26 bits per heavy atom. The molecule has 0 saturated carbocycles. The lowest BCUT2D eigenvalue weighted by Crippen LogP contribution is -2.65. The maximum Gasteiger partial charge on any atom is 0.294 e. The summed E-state index contributed by atoms with van der Waals surface area (Å²) in [6, 6.07) is 7.78. The topological polar surface area (TPSA) is 94.3 Å². The van der Waals surface area contributed by atoms with Gasteiger partial charge >= 0.3 is 0 Å². The summed E-state index contributed by atoms with van der Waals surface area (Å²) in [5.41, 5.74) is 2.25. The Morgan fingerprint density at radius 3 is 2.87 bits per heavy atom. The molecule has 2 saturated heterocycles. The summed E-state index contributed by atoms with van der Waals surface area (Å²) in [6.07, 6.45) is 6.09. The van der Waals surface area contributed by atoms with E-state index >= 15 is 0 Å². The molecule has 9 heteroatoms. The van der Waals surface area contributed by atoms with Crippen molar-refractivity contribution in [3.05, 3.63) is 36.2 Å². The lowest BCUT2D eigenvalue weighted by molar-refractivity contribution is -0.0581. The Balaban J connectivity index is 1.31. The van der Waals surface area contributed by atoms with E-state index in [0.29, 0.717) is 21.8 Å². The number of benzene rings is 1. The summed E-state index contributed by atoms with van der Waals surface area (Å²) in [7, 11) is 1.78. The van der Waals surface area contributed by atoms with Gasteiger partial charge in [-0.2, -0.15) is 5.10 Å². The number of fused-ring (bicyclic) bond motifs is 2. The number of phenolic OH excluding ortho intramolecular Hbond substituents is 1. The molecular weight excluding hydrogens is 414 g/mol. The van der Waals surface area contributed by atoms with Gasteiger partial charge in [0.1, 0.15) is 11.9 Å². The van der Waals surface area contributed by atoms with Gasteiger partial charge in [-0.3, -0.25) is 0 Å². The van der Waals surface area contributed by atoms with Crippen LogP contribution in [0.1, 0.15) is 38.3 Å². The van der Waals surface area contributed by atoms with Crippen molar-refractivity contribution in [2.45, 2.75) is 63.3 Å². The molecule has 31 heavy (non-hydrogen) atoms. The summed E-state index contributed by atoms with van der Waals surface area (Å²) < 4.78 is 13.7. The molecule has 3 aromatic rings. The fraction of sp³-hybridized carbons (Fsp3) is 0.500. The van der Waals surface area contributed by atoms with Crippen molar-refractivity contribution >= 4 is 11.3 Å². The molecule has 4 atom stereocenters. The Labute approximate surface area is 185 Å². The lowest BCUT2D eigenvalue weighted by atomic mass is 9.74. The number of aromatic nitrogens is 4. The first-order chi connectivity index (χ1) is 14.9. The molecular formula is C22H27N5O3S. The Kier molecular flexibility index (Phi) is 5.19. The zero-order valence-corrected chi connectivity index (χ0v) is 18.7. The van der Waals surface area contributed by atoms with Crippen LogP contribution < -0.4 is 10.1 Å². The quantitative estimate of drug-likeness (QED) is 0.626. The average molecular weight is 442 g/mol. The van der Waals surface area contributed by atoms with Crippen LogP contribution in [0.25, 0.3) is 16.3 Å². The number of rotatable bonds is 5.